The molecule has 1 N–H and O–H groups in total. The number of carbonyl (C=O) groups is 1. The van der Waals surface area contributed by atoms with Gasteiger partial charge in [0.05, 0.1) is 12.3 Å². The Morgan fingerprint density at radius 3 is 2.94 bits per heavy atom. The fourth-order valence-electron chi connectivity index (χ4n) is 1.24. The summed E-state index contributed by atoms with van der Waals surface area (Å²) in [5.74, 6) is 0.588. The molecule has 0 unspecified atom stereocenters. The Hall–Kier alpha value is -0.740. The van der Waals surface area contributed by atoms with Gasteiger partial charge in [-0.2, -0.15) is 0 Å². The first-order valence-electron chi connectivity index (χ1n) is 5.45. The standard InChI is InChI=1S/C12H15BrClNO2/c1-2-7-17-11-4-3-9(14)8-10(11)15-12(16)5-6-13/h3-4,8H,2,5-7H2,1H3,(H,15,16). The predicted molar refractivity (Wildman–Crippen MR) is 74.3 cm³/mol. The molecule has 17 heavy (non-hydrogen) atoms. The highest BCUT2D eigenvalue weighted by Crippen LogP contribution is 2.28. The summed E-state index contributed by atoms with van der Waals surface area (Å²) >= 11 is 9.12. The van der Waals surface area contributed by atoms with Crippen LogP contribution in [0.2, 0.25) is 5.02 Å². The minimum absolute atomic E-state index is 0.0644. The lowest BCUT2D eigenvalue weighted by Crippen LogP contribution is -2.12. The average Bonchev–Trinajstić information content (AvgIpc) is 2.28. The summed E-state index contributed by atoms with van der Waals surface area (Å²) in [6.45, 7) is 2.64. The van der Waals surface area contributed by atoms with E-state index < -0.39 is 0 Å². The van der Waals surface area contributed by atoms with Gasteiger partial charge >= 0.3 is 0 Å². The van der Waals surface area contributed by atoms with Crippen molar-refractivity contribution < 1.29 is 9.53 Å². The summed E-state index contributed by atoms with van der Waals surface area (Å²) in [6.07, 6.45) is 1.33. The molecule has 0 bridgehead atoms. The maximum Gasteiger partial charge on any atom is 0.225 e. The van der Waals surface area contributed by atoms with Crippen molar-refractivity contribution in [1.82, 2.24) is 0 Å². The van der Waals surface area contributed by atoms with Gasteiger partial charge < -0.3 is 10.1 Å². The van der Waals surface area contributed by atoms with Gasteiger partial charge in [-0.05, 0) is 24.6 Å². The van der Waals surface area contributed by atoms with Gasteiger partial charge in [0.15, 0.2) is 0 Å². The number of halogens is 2. The van der Waals surface area contributed by atoms with E-state index >= 15 is 0 Å². The van der Waals surface area contributed by atoms with Crippen LogP contribution in [0.1, 0.15) is 19.8 Å². The zero-order chi connectivity index (χ0) is 12.7. The topological polar surface area (TPSA) is 38.3 Å². The Balaban J connectivity index is 2.79. The number of ether oxygens (including phenoxy) is 1. The van der Waals surface area contributed by atoms with Crippen LogP contribution in [-0.4, -0.2) is 17.8 Å². The second kappa shape index (κ2) is 7.56. The van der Waals surface area contributed by atoms with Gasteiger partial charge in [-0.3, -0.25) is 4.79 Å². The van der Waals surface area contributed by atoms with Crippen LogP contribution in [0.25, 0.3) is 0 Å². The number of amides is 1. The largest absolute Gasteiger partial charge is 0.491 e. The maximum atomic E-state index is 11.5. The molecule has 0 aliphatic heterocycles. The third-order valence-electron chi connectivity index (χ3n) is 2.00. The van der Waals surface area contributed by atoms with Crippen molar-refractivity contribution in [2.75, 3.05) is 17.3 Å². The number of benzene rings is 1. The van der Waals surface area contributed by atoms with Crippen molar-refractivity contribution in [3.05, 3.63) is 23.2 Å². The van der Waals surface area contributed by atoms with Gasteiger partial charge in [-0.15, -0.1) is 0 Å². The first-order chi connectivity index (χ1) is 8.17. The molecule has 0 saturated heterocycles. The molecule has 1 amide bonds. The van der Waals surface area contributed by atoms with E-state index in [2.05, 4.69) is 21.2 Å². The minimum Gasteiger partial charge on any atom is -0.491 e. The maximum absolute atomic E-state index is 11.5. The number of alkyl halides is 1. The lowest BCUT2D eigenvalue weighted by molar-refractivity contribution is -0.115. The van der Waals surface area contributed by atoms with Crippen LogP contribution in [0.3, 0.4) is 0 Å². The fraction of sp³-hybridized carbons (Fsp3) is 0.417. The van der Waals surface area contributed by atoms with E-state index in [-0.39, 0.29) is 5.91 Å². The normalized spacial score (nSPS) is 10.1. The lowest BCUT2D eigenvalue weighted by atomic mass is 10.2. The number of hydrogen-bond acceptors (Lipinski definition) is 2. The van der Waals surface area contributed by atoms with Crippen LogP contribution >= 0.6 is 27.5 Å². The van der Waals surface area contributed by atoms with E-state index in [9.17, 15) is 4.79 Å². The van der Waals surface area contributed by atoms with E-state index in [4.69, 9.17) is 16.3 Å². The first kappa shape index (κ1) is 14.3. The van der Waals surface area contributed by atoms with Crippen LogP contribution < -0.4 is 10.1 Å². The fourth-order valence-corrected chi connectivity index (χ4v) is 1.77. The second-order valence-corrected chi connectivity index (χ2v) is 4.71. The Kier molecular flexibility index (Phi) is 6.37. The second-order valence-electron chi connectivity index (χ2n) is 3.48. The number of nitrogens with one attached hydrogen (secondary N) is 1. The molecule has 3 nitrogen and oxygen atoms in total. The summed E-state index contributed by atoms with van der Waals surface area (Å²) in [7, 11) is 0. The molecule has 94 valence electrons. The molecule has 1 aromatic carbocycles. The molecule has 0 aromatic heterocycles. The van der Waals surface area contributed by atoms with Crippen LogP contribution in [-0.2, 0) is 4.79 Å². The van der Waals surface area contributed by atoms with Crippen LogP contribution in [0.4, 0.5) is 5.69 Å². The Labute approximate surface area is 115 Å². The zero-order valence-corrected chi connectivity index (χ0v) is 12.0. The monoisotopic (exact) mass is 319 g/mol. The Morgan fingerprint density at radius 1 is 1.53 bits per heavy atom. The molecular weight excluding hydrogens is 305 g/mol. The van der Waals surface area contributed by atoms with E-state index in [0.29, 0.717) is 34.8 Å². The SMILES string of the molecule is CCCOc1ccc(Cl)cc1NC(=O)CCBr. The van der Waals surface area contributed by atoms with Crippen LogP contribution in [0.15, 0.2) is 18.2 Å². The van der Waals surface area contributed by atoms with Gasteiger partial charge in [0.25, 0.3) is 0 Å². The summed E-state index contributed by atoms with van der Waals surface area (Å²) in [4.78, 5) is 11.5. The van der Waals surface area contributed by atoms with E-state index in [0.717, 1.165) is 6.42 Å². The molecule has 1 aromatic rings. The van der Waals surface area contributed by atoms with Gasteiger partial charge in [-0.1, -0.05) is 34.5 Å². The van der Waals surface area contributed by atoms with Crippen molar-refractivity contribution in [2.45, 2.75) is 19.8 Å². The molecule has 0 atom stereocenters. The van der Waals surface area contributed by atoms with Gasteiger partial charge in [0.1, 0.15) is 5.75 Å². The number of carbonyl (C=O) groups excluding carboxylic acids is 1. The third kappa shape index (κ3) is 4.96. The van der Waals surface area contributed by atoms with Crippen molar-refractivity contribution in [2.24, 2.45) is 0 Å². The molecule has 0 saturated carbocycles. The molecule has 0 fully saturated rings. The molecule has 0 radical (unpaired) electrons. The van der Waals surface area contributed by atoms with Crippen molar-refractivity contribution in [3.8, 4) is 5.75 Å². The molecule has 5 heteroatoms. The molecule has 0 heterocycles. The molecule has 1 rings (SSSR count). The number of rotatable bonds is 6. The van der Waals surface area contributed by atoms with Crippen LogP contribution in [0, 0.1) is 0 Å². The highest BCUT2D eigenvalue weighted by atomic mass is 79.9. The smallest absolute Gasteiger partial charge is 0.225 e. The molecule has 0 aliphatic carbocycles. The van der Waals surface area contributed by atoms with Crippen molar-refractivity contribution in [3.63, 3.8) is 0 Å². The lowest BCUT2D eigenvalue weighted by Gasteiger charge is -2.12. The summed E-state index contributed by atoms with van der Waals surface area (Å²) in [5.41, 5.74) is 0.622. The Bertz CT molecular complexity index is 385. The number of anilines is 1. The van der Waals surface area contributed by atoms with Crippen LogP contribution in [0.5, 0.6) is 5.75 Å². The van der Waals surface area contributed by atoms with E-state index in [1.807, 2.05) is 6.92 Å². The van der Waals surface area contributed by atoms with Crippen molar-refractivity contribution in [1.29, 1.82) is 0 Å². The molecule has 0 aliphatic rings. The minimum atomic E-state index is -0.0644. The highest BCUT2D eigenvalue weighted by Gasteiger charge is 2.08. The summed E-state index contributed by atoms with van der Waals surface area (Å²) in [5, 5.41) is 3.98. The predicted octanol–water partition coefficient (Wildman–Crippen LogP) is 3.85. The quantitative estimate of drug-likeness (QED) is 0.808. The Morgan fingerprint density at radius 2 is 2.29 bits per heavy atom. The van der Waals surface area contributed by atoms with E-state index in [1.165, 1.54) is 0 Å². The zero-order valence-electron chi connectivity index (χ0n) is 9.63. The first-order valence-corrected chi connectivity index (χ1v) is 6.95. The summed E-state index contributed by atoms with van der Waals surface area (Å²) < 4.78 is 5.54. The van der Waals surface area contributed by atoms with Crippen molar-refractivity contribution >= 4 is 39.1 Å². The molecular formula is C12H15BrClNO2. The number of hydrogen-bond donors (Lipinski definition) is 1. The van der Waals surface area contributed by atoms with E-state index in [1.54, 1.807) is 18.2 Å². The van der Waals surface area contributed by atoms with Gasteiger partial charge in [0.2, 0.25) is 5.91 Å². The third-order valence-corrected chi connectivity index (χ3v) is 2.63. The highest BCUT2D eigenvalue weighted by molar-refractivity contribution is 9.09. The van der Waals surface area contributed by atoms with Gasteiger partial charge in [-0.25, -0.2) is 0 Å². The summed E-state index contributed by atoms with van der Waals surface area (Å²) in [6, 6.07) is 5.20. The molecule has 0 spiro atoms. The van der Waals surface area contributed by atoms with Gasteiger partial charge in [0, 0.05) is 16.8 Å². The average molecular weight is 321 g/mol.